The summed E-state index contributed by atoms with van der Waals surface area (Å²) in [6.45, 7) is 13.1. The highest BCUT2D eigenvalue weighted by molar-refractivity contribution is 6.00. The number of nitrogens with zero attached hydrogens (tertiary/aromatic N) is 1. The predicted molar refractivity (Wildman–Crippen MR) is 97.9 cm³/mol. The van der Waals surface area contributed by atoms with Crippen molar-refractivity contribution in [1.82, 2.24) is 5.32 Å². The number of hydrogen-bond acceptors (Lipinski definition) is 2. The fourth-order valence-electron chi connectivity index (χ4n) is 3.66. The SMILES string of the molecule is Cc1ccc(N2CC(C(=O)NC(C)(C)CC(C)(C)C)CC2=O)cc1. The molecule has 1 aliphatic heterocycles. The highest BCUT2D eigenvalue weighted by Gasteiger charge is 2.37. The van der Waals surface area contributed by atoms with Gasteiger partial charge in [0.2, 0.25) is 11.8 Å². The number of carbonyl (C=O) groups excluding carboxylic acids is 2. The molecule has 0 spiro atoms. The predicted octanol–water partition coefficient (Wildman–Crippen LogP) is 3.68. The van der Waals surface area contributed by atoms with Gasteiger partial charge in [-0.25, -0.2) is 0 Å². The van der Waals surface area contributed by atoms with Crippen molar-refractivity contribution in [2.75, 3.05) is 11.4 Å². The Morgan fingerprint density at radius 2 is 1.75 bits per heavy atom. The van der Waals surface area contributed by atoms with E-state index >= 15 is 0 Å². The summed E-state index contributed by atoms with van der Waals surface area (Å²) in [7, 11) is 0. The third kappa shape index (κ3) is 4.83. The lowest BCUT2D eigenvalue weighted by Gasteiger charge is -2.34. The molecule has 2 amide bonds. The summed E-state index contributed by atoms with van der Waals surface area (Å²) in [5.41, 5.74) is 1.88. The molecule has 4 heteroatoms. The molecular weight excluding hydrogens is 300 g/mol. The summed E-state index contributed by atoms with van der Waals surface area (Å²) in [6.07, 6.45) is 1.17. The minimum Gasteiger partial charge on any atom is -0.351 e. The van der Waals surface area contributed by atoms with Crippen molar-refractivity contribution in [3.8, 4) is 0 Å². The van der Waals surface area contributed by atoms with Gasteiger partial charge in [0.25, 0.3) is 0 Å². The Balaban J connectivity index is 2.02. The molecule has 1 aliphatic rings. The monoisotopic (exact) mass is 330 g/mol. The average molecular weight is 330 g/mol. The third-order valence-electron chi connectivity index (χ3n) is 4.28. The van der Waals surface area contributed by atoms with Crippen LogP contribution in [0.4, 0.5) is 5.69 Å². The van der Waals surface area contributed by atoms with E-state index in [-0.39, 0.29) is 35.1 Å². The number of nitrogens with one attached hydrogen (secondary N) is 1. The Kier molecular flexibility index (Phi) is 5.07. The molecule has 1 fully saturated rings. The average Bonchev–Trinajstić information content (AvgIpc) is 2.78. The molecule has 2 rings (SSSR count). The lowest BCUT2D eigenvalue weighted by Crippen LogP contribution is -2.48. The van der Waals surface area contributed by atoms with E-state index in [0.717, 1.165) is 17.7 Å². The van der Waals surface area contributed by atoms with E-state index < -0.39 is 0 Å². The summed E-state index contributed by atoms with van der Waals surface area (Å²) in [4.78, 5) is 26.7. The van der Waals surface area contributed by atoms with Gasteiger partial charge in [-0.1, -0.05) is 38.5 Å². The summed E-state index contributed by atoms with van der Waals surface area (Å²) in [6, 6.07) is 7.86. The molecule has 0 radical (unpaired) electrons. The standard InChI is InChI=1S/C20H30N2O2/c1-14-7-9-16(10-8-14)22-12-15(11-17(22)23)18(24)21-20(5,6)13-19(2,3)4/h7-10,15H,11-13H2,1-6H3,(H,21,24). The molecule has 1 unspecified atom stereocenters. The van der Waals surface area contributed by atoms with Gasteiger partial charge in [0.05, 0.1) is 5.92 Å². The van der Waals surface area contributed by atoms with Gasteiger partial charge in [-0.3, -0.25) is 9.59 Å². The van der Waals surface area contributed by atoms with E-state index in [1.807, 2.05) is 45.0 Å². The second-order valence-corrected chi connectivity index (χ2v) is 8.85. The molecule has 1 aromatic rings. The van der Waals surface area contributed by atoms with E-state index in [4.69, 9.17) is 0 Å². The first-order chi connectivity index (χ1) is 11.0. The van der Waals surface area contributed by atoms with Crippen LogP contribution in [0.15, 0.2) is 24.3 Å². The van der Waals surface area contributed by atoms with E-state index in [1.165, 1.54) is 0 Å². The van der Waals surface area contributed by atoms with Gasteiger partial charge in [0.1, 0.15) is 0 Å². The van der Waals surface area contributed by atoms with Crippen LogP contribution in [0, 0.1) is 18.3 Å². The van der Waals surface area contributed by atoms with E-state index in [0.29, 0.717) is 6.54 Å². The molecule has 4 nitrogen and oxygen atoms in total. The van der Waals surface area contributed by atoms with Crippen molar-refractivity contribution in [2.45, 2.75) is 59.9 Å². The normalized spacial score (nSPS) is 18.8. The van der Waals surface area contributed by atoms with Crippen molar-refractivity contribution in [2.24, 2.45) is 11.3 Å². The van der Waals surface area contributed by atoms with Crippen LogP contribution in [-0.2, 0) is 9.59 Å². The zero-order chi connectivity index (χ0) is 18.1. The minimum atomic E-state index is -0.282. The largest absolute Gasteiger partial charge is 0.351 e. The molecular formula is C20H30N2O2. The highest BCUT2D eigenvalue weighted by atomic mass is 16.2. The maximum atomic E-state index is 12.6. The van der Waals surface area contributed by atoms with Crippen molar-refractivity contribution >= 4 is 17.5 Å². The number of aryl methyl sites for hydroxylation is 1. The summed E-state index contributed by atoms with van der Waals surface area (Å²) in [5.74, 6) is -0.280. The van der Waals surface area contributed by atoms with Crippen molar-refractivity contribution < 1.29 is 9.59 Å². The van der Waals surface area contributed by atoms with Crippen LogP contribution in [0.25, 0.3) is 0 Å². The molecule has 1 heterocycles. The summed E-state index contributed by atoms with van der Waals surface area (Å²) in [5, 5.41) is 3.14. The Morgan fingerprint density at radius 3 is 2.29 bits per heavy atom. The second-order valence-electron chi connectivity index (χ2n) is 8.85. The zero-order valence-electron chi connectivity index (χ0n) is 15.8. The van der Waals surface area contributed by atoms with Crippen molar-refractivity contribution in [3.63, 3.8) is 0 Å². The van der Waals surface area contributed by atoms with Crippen LogP contribution in [0.5, 0.6) is 0 Å². The topological polar surface area (TPSA) is 49.4 Å². The fraction of sp³-hybridized carbons (Fsp3) is 0.600. The number of amides is 2. The maximum absolute atomic E-state index is 12.6. The Bertz CT molecular complexity index is 612. The van der Waals surface area contributed by atoms with Crippen LogP contribution in [0.1, 0.15) is 53.0 Å². The van der Waals surface area contributed by atoms with Gasteiger partial charge in [-0.05, 0) is 44.7 Å². The highest BCUT2D eigenvalue weighted by Crippen LogP contribution is 2.29. The van der Waals surface area contributed by atoms with Gasteiger partial charge < -0.3 is 10.2 Å². The van der Waals surface area contributed by atoms with Crippen LogP contribution in [0.3, 0.4) is 0 Å². The number of anilines is 1. The summed E-state index contributed by atoms with van der Waals surface area (Å²) >= 11 is 0. The van der Waals surface area contributed by atoms with Gasteiger partial charge in [0.15, 0.2) is 0 Å². The van der Waals surface area contributed by atoms with Gasteiger partial charge in [-0.15, -0.1) is 0 Å². The van der Waals surface area contributed by atoms with Gasteiger partial charge in [0, 0.05) is 24.2 Å². The second kappa shape index (κ2) is 6.58. The molecule has 132 valence electrons. The zero-order valence-corrected chi connectivity index (χ0v) is 15.8. The number of carbonyl (C=O) groups is 2. The van der Waals surface area contributed by atoms with Gasteiger partial charge >= 0.3 is 0 Å². The molecule has 1 atom stereocenters. The Labute approximate surface area is 145 Å². The first kappa shape index (κ1) is 18.5. The molecule has 1 aromatic carbocycles. The first-order valence-corrected chi connectivity index (χ1v) is 8.66. The Morgan fingerprint density at radius 1 is 1.17 bits per heavy atom. The lowest BCUT2D eigenvalue weighted by atomic mass is 9.81. The number of hydrogen-bond donors (Lipinski definition) is 1. The number of benzene rings is 1. The molecule has 0 aromatic heterocycles. The number of rotatable bonds is 4. The lowest BCUT2D eigenvalue weighted by molar-refractivity contribution is -0.128. The quantitative estimate of drug-likeness (QED) is 0.915. The first-order valence-electron chi connectivity index (χ1n) is 8.66. The molecule has 1 N–H and O–H groups in total. The summed E-state index contributed by atoms with van der Waals surface area (Å²) < 4.78 is 0. The van der Waals surface area contributed by atoms with Crippen LogP contribution >= 0.6 is 0 Å². The van der Waals surface area contributed by atoms with Crippen LogP contribution in [-0.4, -0.2) is 23.9 Å². The smallest absolute Gasteiger partial charge is 0.227 e. The molecule has 0 bridgehead atoms. The maximum Gasteiger partial charge on any atom is 0.227 e. The van der Waals surface area contributed by atoms with E-state index in [1.54, 1.807) is 4.90 Å². The van der Waals surface area contributed by atoms with Crippen molar-refractivity contribution in [1.29, 1.82) is 0 Å². The van der Waals surface area contributed by atoms with Gasteiger partial charge in [-0.2, -0.15) is 0 Å². The molecule has 24 heavy (non-hydrogen) atoms. The molecule has 0 aliphatic carbocycles. The minimum absolute atomic E-state index is 0.0210. The Hall–Kier alpha value is -1.84. The van der Waals surface area contributed by atoms with E-state index in [2.05, 4.69) is 26.1 Å². The fourth-order valence-corrected chi connectivity index (χ4v) is 3.66. The van der Waals surface area contributed by atoms with Crippen molar-refractivity contribution in [3.05, 3.63) is 29.8 Å². The van der Waals surface area contributed by atoms with Crippen LogP contribution < -0.4 is 10.2 Å². The molecule has 0 saturated carbocycles. The van der Waals surface area contributed by atoms with Crippen LogP contribution in [0.2, 0.25) is 0 Å². The van der Waals surface area contributed by atoms with E-state index in [9.17, 15) is 9.59 Å². The third-order valence-corrected chi connectivity index (χ3v) is 4.28. The molecule has 1 saturated heterocycles.